The van der Waals surface area contributed by atoms with Gasteiger partial charge in [0.2, 0.25) is 5.91 Å². The van der Waals surface area contributed by atoms with Crippen LogP contribution in [0.15, 0.2) is 30.5 Å². The van der Waals surface area contributed by atoms with Gasteiger partial charge in [-0.15, -0.1) is 0 Å². The summed E-state index contributed by atoms with van der Waals surface area (Å²) in [4.78, 5) is 14.8. The second-order valence-corrected chi connectivity index (χ2v) is 5.80. The highest BCUT2D eigenvalue weighted by Crippen LogP contribution is 2.13. The topological polar surface area (TPSA) is 56.9 Å². The standard InChI is InChI=1S/C15H21N3O/c1-15(2,3)18-14(19)10-16-9-11-4-5-12-6-7-17-13(12)8-11/h4-8,16-17H,9-10H2,1-3H3,(H,18,19). The van der Waals surface area contributed by atoms with Crippen molar-refractivity contribution in [2.24, 2.45) is 0 Å². The molecule has 4 nitrogen and oxygen atoms in total. The zero-order valence-electron chi connectivity index (χ0n) is 11.7. The third kappa shape index (κ3) is 4.10. The first-order valence-corrected chi connectivity index (χ1v) is 6.52. The number of fused-ring (bicyclic) bond motifs is 1. The monoisotopic (exact) mass is 259 g/mol. The Kier molecular flexibility index (Phi) is 3.90. The van der Waals surface area contributed by atoms with Crippen LogP contribution >= 0.6 is 0 Å². The molecule has 1 amide bonds. The lowest BCUT2D eigenvalue weighted by Gasteiger charge is -2.20. The Morgan fingerprint density at radius 1 is 1.26 bits per heavy atom. The molecule has 0 saturated carbocycles. The van der Waals surface area contributed by atoms with Gasteiger partial charge in [0.1, 0.15) is 0 Å². The molecule has 102 valence electrons. The zero-order valence-corrected chi connectivity index (χ0v) is 11.7. The average molecular weight is 259 g/mol. The van der Waals surface area contributed by atoms with E-state index >= 15 is 0 Å². The molecule has 19 heavy (non-hydrogen) atoms. The molecule has 1 aromatic heterocycles. The summed E-state index contributed by atoms with van der Waals surface area (Å²) in [5.74, 6) is 0.0217. The van der Waals surface area contributed by atoms with E-state index in [-0.39, 0.29) is 11.4 Å². The van der Waals surface area contributed by atoms with Gasteiger partial charge in [0.25, 0.3) is 0 Å². The number of nitrogens with one attached hydrogen (secondary N) is 3. The molecule has 0 radical (unpaired) electrons. The summed E-state index contributed by atoms with van der Waals surface area (Å²) < 4.78 is 0. The molecule has 4 heteroatoms. The third-order valence-corrected chi connectivity index (χ3v) is 2.75. The number of H-pyrrole nitrogens is 1. The van der Waals surface area contributed by atoms with E-state index in [9.17, 15) is 4.79 Å². The average Bonchev–Trinajstić information content (AvgIpc) is 2.73. The molecule has 0 fully saturated rings. The first-order valence-electron chi connectivity index (χ1n) is 6.52. The van der Waals surface area contributed by atoms with Gasteiger partial charge in [-0.05, 0) is 43.9 Å². The van der Waals surface area contributed by atoms with Crippen molar-refractivity contribution in [2.75, 3.05) is 6.54 Å². The molecule has 2 aromatic rings. The molecule has 0 bridgehead atoms. The third-order valence-electron chi connectivity index (χ3n) is 2.75. The molecular weight excluding hydrogens is 238 g/mol. The molecule has 0 aliphatic carbocycles. The summed E-state index contributed by atoms with van der Waals surface area (Å²) in [6.07, 6.45) is 1.93. The molecular formula is C15H21N3O. The van der Waals surface area contributed by atoms with Gasteiger partial charge in [-0.3, -0.25) is 4.79 Å². The van der Waals surface area contributed by atoms with Crippen LogP contribution in [0.4, 0.5) is 0 Å². The molecule has 3 N–H and O–H groups in total. The number of rotatable bonds is 4. The Morgan fingerprint density at radius 3 is 2.79 bits per heavy atom. The van der Waals surface area contributed by atoms with Gasteiger partial charge in [-0.1, -0.05) is 12.1 Å². The van der Waals surface area contributed by atoms with E-state index in [1.807, 2.05) is 33.0 Å². The molecule has 2 rings (SSSR count). The molecule has 0 atom stereocenters. The van der Waals surface area contributed by atoms with Gasteiger partial charge in [0, 0.05) is 23.8 Å². The van der Waals surface area contributed by atoms with Crippen molar-refractivity contribution < 1.29 is 4.79 Å². The minimum Gasteiger partial charge on any atom is -0.361 e. The van der Waals surface area contributed by atoms with E-state index in [2.05, 4.69) is 33.8 Å². The van der Waals surface area contributed by atoms with Gasteiger partial charge in [0.15, 0.2) is 0 Å². The minimum atomic E-state index is -0.179. The summed E-state index contributed by atoms with van der Waals surface area (Å²) in [6, 6.07) is 8.30. The largest absolute Gasteiger partial charge is 0.361 e. The highest BCUT2D eigenvalue weighted by molar-refractivity contribution is 5.80. The van der Waals surface area contributed by atoms with Crippen molar-refractivity contribution >= 4 is 16.8 Å². The maximum Gasteiger partial charge on any atom is 0.234 e. The minimum absolute atomic E-state index is 0.0217. The fourth-order valence-electron chi connectivity index (χ4n) is 1.99. The van der Waals surface area contributed by atoms with Crippen molar-refractivity contribution in [1.29, 1.82) is 0 Å². The van der Waals surface area contributed by atoms with Crippen LogP contribution in [0.5, 0.6) is 0 Å². The van der Waals surface area contributed by atoms with Crippen molar-refractivity contribution in [3.63, 3.8) is 0 Å². The fourth-order valence-corrected chi connectivity index (χ4v) is 1.99. The molecule has 0 saturated heterocycles. The fraction of sp³-hybridized carbons (Fsp3) is 0.400. The van der Waals surface area contributed by atoms with Crippen LogP contribution in [0, 0.1) is 0 Å². The number of carbonyl (C=O) groups excluding carboxylic acids is 1. The predicted octanol–water partition coefficient (Wildman–Crippen LogP) is 2.17. The normalized spacial score (nSPS) is 11.7. The smallest absolute Gasteiger partial charge is 0.234 e. The van der Waals surface area contributed by atoms with Crippen LogP contribution in [0.25, 0.3) is 10.9 Å². The first kappa shape index (κ1) is 13.6. The molecule has 0 spiro atoms. The van der Waals surface area contributed by atoms with Crippen LogP contribution in [0.1, 0.15) is 26.3 Å². The lowest BCUT2D eigenvalue weighted by molar-refractivity contribution is -0.121. The van der Waals surface area contributed by atoms with Crippen molar-refractivity contribution in [3.05, 3.63) is 36.0 Å². The number of benzene rings is 1. The van der Waals surface area contributed by atoms with Crippen molar-refractivity contribution in [1.82, 2.24) is 15.6 Å². The SMILES string of the molecule is CC(C)(C)NC(=O)CNCc1ccc2cc[nH]c2c1. The summed E-state index contributed by atoms with van der Waals surface area (Å²) in [5.41, 5.74) is 2.11. The van der Waals surface area contributed by atoms with Crippen LogP contribution in [0.2, 0.25) is 0 Å². The number of hydrogen-bond acceptors (Lipinski definition) is 2. The lowest BCUT2D eigenvalue weighted by atomic mass is 10.1. The second-order valence-electron chi connectivity index (χ2n) is 5.80. The van der Waals surface area contributed by atoms with E-state index < -0.39 is 0 Å². The maximum atomic E-state index is 11.6. The number of aromatic amines is 1. The van der Waals surface area contributed by atoms with Crippen molar-refractivity contribution in [2.45, 2.75) is 32.9 Å². The van der Waals surface area contributed by atoms with E-state index in [0.29, 0.717) is 13.1 Å². The number of aromatic nitrogens is 1. The van der Waals surface area contributed by atoms with Crippen LogP contribution < -0.4 is 10.6 Å². The van der Waals surface area contributed by atoms with E-state index in [0.717, 1.165) is 5.52 Å². The summed E-state index contributed by atoms with van der Waals surface area (Å²) in [5, 5.41) is 7.28. The Morgan fingerprint density at radius 2 is 2.05 bits per heavy atom. The molecule has 1 aromatic carbocycles. The van der Waals surface area contributed by atoms with E-state index in [1.165, 1.54) is 10.9 Å². The van der Waals surface area contributed by atoms with Gasteiger partial charge in [0.05, 0.1) is 6.54 Å². The molecule has 0 aliphatic heterocycles. The van der Waals surface area contributed by atoms with Crippen molar-refractivity contribution in [3.8, 4) is 0 Å². The van der Waals surface area contributed by atoms with Crippen LogP contribution in [0.3, 0.4) is 0 Å². The van der Waals surface area contributed by atoms with Gasteiger partial charge >= 0.3 is 0 Å². The maximum absolute atomic E-state index is 11.6. The second kappa shape index (κ2) is 5.45. The number of amides is 1. The molecule has 0 unspecified atom stereocenters. The lowest BCUT2D eigenvalue weighted by Crippen LogP contribution is -2.44. The predicted molar refractivity (Wildman–Crippen MR) is 77.9 cm³/mol. The Labute approximate surface area is 113 Å². The van der Waals surface area contributed by atoms with E-state index in [4.69, 9.17) is 0 Å². The van der Waals surface area contributed by atoms with Crippen LogP contribution in [-0.4, -0.2) is 23.0 Å². The molecule has 1 heterocycles. The number of hydrogen-bond donors (Lipinski definition) is 3. The highest BCUT2D eigenvalue weighted by atomic mass is 16.2. The quantitative estimate of drug-likeness (QED) is 0.788. The van der Waals surface area contributed by atoms with Gasteiger partial charge in [-0.2, -0.15) is 0 Å². The van der Waals surface area contributed by atoms with Gasteiger partial charge in [-0.25, -0.2) is 0 Å². The van der Waals surface area contributed by atoms with E-state index in [1.54, 1.807) is 0 Å². The Balaban J connectivity index is 1.83. The van der Waals surface area contributed by atoms with Gasteiger partial charge < -0.3 is 15.6 Å². The zero-order chi connectivity index (χ0) is 13.9. The number of carbonyl (C=O) groups is 1. The molecule has 0 aliphatic rings. The summed E-state index contributed by atoms with van der Waals surface area (Å²) in [7, 11) is 0. The Hall–Kier alpha value is -1.81. The Bertz CT molecular complexity index is 566. The summed E-state index contributed by atoms with van der Waals surface area (Å²) in [6.45, 7) is 6.95. The first-order chi connectivity index (χ1) is 8.94. The highest BCUT2D eigenvalue weighted by Gasteiger charge is 2.12. The summed E-state index contributed by atoms with van der Waals surface area (Å²) >= 11 is 0. The van der Waals surface area contributed by atoms with Crippen LogP contribution in [-0.2, 0) is 11.3 Å².